The molecule has 2 heteroatoms. The molecular formula is C15H21NO. The number of hydrogen-bond donors (Lipinski definition) is 0. The second-order valence-corrected chi connectivity index (χ2v) is 5.34. The van der Waals surface area contributed by atoms with Crippen LogP contribution in [0, 0.1) is 0 Å². The molecule has 0 N–H and O–H groups in total. The topological polar surface area (TPSA) is 12.5 Å². The number of hydrogen-bond acceptors (Lipinski definition) is 2. The normalized spacial score (nSPS) is 25.2. The van der Waals surface area contributed by atoms with Crippen LogP contribution >= 0.6 is 0 Å². The largest absolute Gasteiger partial charge is 0.487 e. The minimum atomic E-state index is 0.312. The first-order valence-electron chi connectivity index (χ1n) is 6.87. The number of nitrogens with zero attached hydrogens (tertiary/aromatic N) is 1. The van der Waals surface area contributed by atoms with Crippen LogP contribution in [0.2, 0.25) is 0 Å². The Morgan fingerprint density at radius 1 is 1.12 bits per heavy atom. The molecule has 0 bridgehead atoms. The van der Waals surface area contributed by atoms with Crippen LogP contribution in [-0.2, 0) is 0 Å². The summed E-state index contributed by atoms with van der Waals surface area (Å²) in [4.78, 5) is 2.59. The lowest BCUT2D eigenvalue weighted by atomic mass is 9.93. The lowest BCUT2D eigenvalue weighted by molar-refractivity contribution is 0.203. The molecule has 2 aliphatic rings. The molecule has 0 radical (unpaired) electrons. The van der Waals surface area contributed by atoms with Gasteiger partial charge in [-0.15, -0.1) is 0 Å². The van der Waals surface area contributed by atoms with Crippen molar-refractivity contribution in [1.82, 2.24) is 0 Å². The van der Waals surface area contributed by atoms with Crippen LogP contribution in [0.1, 0.15) is 39.0 Å². The molecule has 1 atom stereocenters. The van der Waals surface area contributed by atoms with E-state index < -0.39 is 0 Å². The first kappa shape index (κ1) is 10.9. The van der Waals surface area contributed by atoms with Crippen LogP contribution in [0.5, 0.6) is 5.75 Å². The third kappa shape index (κ3) is 2.13. The number of anilines is 1. The number of fused-ring (bicyclic) bond motifs is 1. The van der Waals surface area contributed by atoms with Gasteiger partial charge in [0, 0.05) is 6.04 Å². The quantitative estimate of drug-likeness (QED) is 0.732. The summed E-state index contributed by atoms with van der Waals surface area (Å²) in [6, 6.07) is 9.22. The minimum absolute atomic E-state index is 0.312. The maximum absolute atomic E-state index is 5.91. The molecule has 0 saturated heterocycles. The zero-order valence-electron chi connectivity index (χ0n) is 10.6. The van der Waals surface area contributed by atoms with Gasteiger partial charge in [0.25, 0.3) is 0 Å². The van der Waals surface area contributed by atoms with Crippen LogP contribution in [0.3, 0.4) is 0 Å². The molecule has 1 heterocycles. The van der Waals surface area contributed by atoms with Gasteiger partial charge >= 0.3 is 0 Å². The van der Waals surface area contributed by atoms with Crippen LogP contribution in [0.15, 0.2) is 24.3 Å². The molecule has 2 nitrogen and oxygen atoms in total. The highest BCUT2D eigenvalue weighted by Gasteiger charge is 2.28. The Bertz CT molecular complexity index is 384. The van der Waals surface area contributed by atoms with Gasteiger partial charge in [0.2, 0.25) is 0 Å². The van der Waals surface area contributed by atoms with Crippen LogP contribution in [0.4, 0.5) is 5.69 Å². The highest BCUT2D eigenvalue weighted by Crippen LogP contribution is 2.37. The Morgan fingerprint density at radius 2 is 1.88 bits per heavy atom. The van der Waals surface area contributed by atoms with E-state index in [1.165, 1.54) is 37.8 Å². The summed E-state index contributed by atoms with van der Waals surface area (Å²) >= 11 is 0. The van der Waals surface area contributed by atoms with E-state index in [-0.39, 0.29) is 0 Å². The second-order valence-electron chi connectivity index (χ2n) is 5.34. The molecule has 1 unspecified atom stereocenters. The van der Waals surface area contributed by atoms with E-state index in [4.69, 9.17) is 4.74 Å². The summed E-state index contributed by atoms with van der Waals surface area (Å²) in [6.45, 7) is 3.22. The van der Waals surface area contributed by atoms with Gasteiger partial charge in [0.1, 0.15) is 11.9 Å². The summed E-state index contributed by atoms with van der Waals surface area (Å²) in [5.41, 5.74) is 1.30. The fourth-order valence-corrected chi connectivity index (χ4v) is 3.16. The van der Waals surface area contributed by atoms with E-state index in [1.807, 2.05) is 0 Å². The van der Waals surface area contributed by atoms with Crippen LogP contribution in [-0.4, -0.2) is 18.7 Å². The minimum Gasteiger partial charge on any atom is -0.487 e. The monoisotopic (exact) mass is 231 g/mol. The summed E-state index contributed by atoms with van der Waals surface area (Å²) in [5.74, 6) is 1.07. The number of para-hydroxylation sites is 2. The predicted octanol–water partition coefficient (Wildman–Crippen LogP) is 3.61. The van der Waals surface area contributed by atoms with Gasteiger partial charge in [-0.25, -0.2) is 0 Å². The molecule has 92 valence electrons. The van der Waals surface area contributed by atoms with E-state index >= 15 is 0 Å². The smallest absolute Gasteiger partial charge is 0.143 e. The molecule has 1 aliphatic heterocycles. The third-order valence-corrected chi connectivity index (χ3v) is 3.97. The van der Waals surface area contributed by atoms with Crippen molar-refractivity contribution < 1.29 is 4.74 Å². The van der Waals surface area contributed by atoms with E-state index in [1.54, 1.807) is 0 Å². The SMILES string of the molecule is CC1CN(C2CCCCC2)c2ccccc2O1. The first-order valence-corrected chi connectivity index (χ1v) is 6.87. The Morgan fingerprint density at radius 3 is 2.71 bits per heavy atom. The van der Waals surface area contributed by atoms with Gasteiger partial charge in [-0.3, -0.25) is 0 Å². The molecule has 0 spiro atoms. The molecule has 17 heavy (non-hydrogen) atoms. The lowest BCUT2D eigenvalue weighted by Gasteiger charge is -2.41. The highest BCUT2D eigenvalue weighted by atomic mass is 16.5. The Labute approximate surface area is 104 Å². The van der Waals surface area contributed by atoms with Gasteiger partial charge in [-0.05, 0) is 31.9 Å². The van der Waals surface area contributed by atoms with E-state index in [9.17, 15) is 0 Å². The summed E-state index contributed by atoms with van der Waals surface area (Å²) < 4.78 is 5.91. The average molecular weight is 231 g/mol. The fourth-order valence-electron chi connectivity index (χ4n) is 3.16. The Kier molecular flexibility index (Phi) is 2.96. The van der Waals surface area contributed by atoms with E-state index in [2.05, 4.69) is 36.1 Å². The molecule has 1 aromatic carbocycles. The van der Waals surface area contributed by atoms with Gasteiger partial charge in [0.05, 0.1) is 12.2 Å². The molecule has 3 rings (SSSR count). The standard InChI is InChI=1S/C15H21NO/c1-12-11-16(13-7-3-2-4-8-13)14-9-5-6-10-15(14)17-12/h5-6,9-10,12-13H,2-4,7-8,11H2,1H3. The average Bonchev–Trinajstić information content (AvgIpc) is 2.39. The van der Waals surface area contributed by atoms with Crippen molar-refractivity contribution in [2.75, 3.05) is 11.4 Å². The predicted molar refractivity (Wildman–Crippen MR) is 70.8 cm³/mol. The number of rotatable bonds is 1. The molecular weight excluding hydrogens is 210 g/mol. The Balaban J connectivity index is 1.88. The maximum atomic E-state index is 5.91. The molecule has 0 aromatic heterocycles. The van der Waals surface area contributed by atoms with Gasteiger partial charge < -0.3 is 9.64 Å². The Hall–Kier alpha value is -1.18. The third-order valence-electron chi connectivity index (χ3n) is 3.97. The summed E-state index contributed by atoms with van der Waals surface area (Å²) in [5, 5.41) is 0. The van der Waals surface area contributed by atoms with Crippen molar-refractivity contribution in [3.8, 4) is 5.75 Å². The van der Waals surface area contributed by atoms with E-state index in [0.29, 0.717) is 6.10 Å². The zero-order valence-corrected chi connectivity index (χ0v) is 10.6. The summed E-state index contributed by atoms with van der Waals surface area (Å²) in [7, 11) is 0. The molecule has 1 aromatic rings. The van der Waals surface area contributed by atoms with Gasteiger partial charge in [0.15, 0.2) is 0 Å². The van der Waals surface area contributed by atoms with Crippen molar-refractivity contribution in [2.45, 2.75) is 51.2 Å². The zero-order chi connectivity index (χ0) is 11.7. The van der Waals surface area contributed by atoms with E-state index in [0.717, 1.165) is 18.3 Å². The van der Waals surface area contributed by atoms with Gasteiger partial charge in [-0.2, -0.15) is 0 Å². The van der Waals surface area contributed by atoms with Crippen molar-refractivity contribution in [3.63, 3.8) is 0 Å². The molecule has 1 aliphatic carbocycles. The van der Waals surface area contributed by atoms with Crippen LogP contribution < -0.4 is 9.64 Å². The highest BCUT2D eigenvalue weighted by molar-refractivity contribution is 5.60. The molecule has 0 amide bonds. The number of ether oxygens (including phenoxy) is 1. The van der Waals surface area contributed by atoms with Crippen LogP contribution in [0.25, 0.3) is 0 Å². The van der Waals surface area contributed by atoms with Crippen molar-refractivity contribution in [3.05, 3.63) is 24.3 Å². The lowest BCUT2D eigenvalue weighted by Crippen LogP contribution is -2.45. The van der Waals surface area contributed by atoms with Gasteiger partial charge in [-0.1, -0.05) is 31.4 Å². The summed E-state index contributed by atoms with van der Waals surface area (Å²) in [6.07, 6.45) is 7.20. The van der Waals surface area contributed by atoms with Crippen molar-refractivity contribution in [2.24, 2.45) is 0 Å². The maximum Gasteiger partial charge on any atom is 0.143 e. The fraction of sp³-hybridized carbons (Fsp3) is 0.600. The molecule has 1 saturated carbocycles. The number of benzene rings is 1. The first-order chi connectivity index (χ1) is 8.34. The van der Waals surface area contributed by atoms with Crippen molar-refractivity contribution in [1.29, 1.82) is 0 Å². The second kappa shape index (κ2) is 4.59. The van der Waals surface area contributed by atoms with Crippen molar-refractivity contribution >= 4 is 5.69 Å². The molecule has 1 fully saturated rings.